The summed E-state index contributed by atoms with van der Waals surface area (Å²) >= 11 is 1.31. The van der Waals surface area contributed by atoms with E-state index in [1.54, 1.807) is 26.2 Å². The van der Waals surface area contributed by atoms with Gasteiger partial charge in [0.2, 0.25) is 0 Å². The molecule has 0 radical (unpaired) electrons. The Morgan fingerprint density at radius 1 is 1.04 bits per heavy atom. The third-order valence-corrected chi connectivity index (χ3v) is 12.1. The van der Waals surface area contributed by atoms with Crippen molar-refractivity contribution in [2.24, 2.45) is 29.1 Å². The Labute approximate surface area is 296 Å². The topological polar surface area (TPSA) is 89.6 Å². The maximum atomic E-state index is 14.3. The number of thiazole rings is 1. The molecular weight excluding hydrogens is 670 g/mol. The second kappa shape index (κ2) is 16.0. The minimum atomic E-state index is -4.29. The summed E-state index contributed by atoms with van der Waals surface area (Å²) < 4.78 is 66.9. The fourth-order valence-corrected chi connectivity index (χ4v) is 8.75. The SMILES string of the molecule is CCC(C)C(C)CC(C)COC.COc1ccc2nc(C)sc2c1C(=O)Nc1cc(F)ccc1C(=O)NC12CCC(C(F)(F)F)(CC1)C(C)C2. The number of aromatic nitrogens is 1. The van der Waals surface area contributed by atoms with Crippen LogP contribution in [0.4, 0.5) is 23.2 Å². The molecule has 50 heavy (non-hydrogen) atoms. The summed E-state index contributed by atoms with van der Waals surface area (Å²) in [6.07, 6.45) is -1.20. The van der Waals surface area contributed by atoms with E-state index < -0.39 is 40.7 Å². The monoisotopic (exact) mass is 721 g/mol. The van der Waals surface area contributed by atoms with Gasteiger partial charge in [-0.25, -0.2) is 9.37 Å². The molecule has 6 rings (SSSR count). The van der Waals surface area contributed by atoms with E-state index in [2.05, 4.69) is 43.3 Å². The predicted octanol–water partition coefficient (Wildman–Crippen LogP) is 9.98. The number of aryl methyl sites for hydroxylation is 1. The van der Waals surface area contributed by atoms with E-state index in [0.717, 1.165) is 35.6 Å². The van der Waals surface area contributed by atoms with E-state index in [0.29, 0.717) is 21.9 Å². The van der Waals surface area contributed by atoms with Gasteiger partial charge in [-0.3, -0.25) is 9.59 Å². The standard InChI is InChI=1S/C27H27F4N3O3S.C11H24O/c1-14-13-25(8-10-26(14,11-9-25)27(29,30)31)34-23(35)17-5-4-16(28)12-19(17)33-24(36)21-20(37-3)7-6-18-22(21)38-15(2)32-18;1-6-10(3)11(4)7-9(2)8-12-5/h4-7,12,14H,8-11,13H2,1-3H3,(H,33,36)(H,34,35);9-11H,6-8H2,1-5H3. The molecule has 2 bridgehead atoms. The zero-order chi connectivity index (χ0) is 37.0. The van der Waals surface area contributed by atoms with Gasteiger partial charge in [0.1, 0.15) is 17.1 Å². The molecule has 3 aromatic rings. The first-order chi connectivity index (χ1) is 23.5. The van der Waals surface area contributed by atoms with Gasteiger partial charge >= 0.3 is 6.18 Å². The molecule has 4 atom stereocenters. The minimum Gasteiger partial charge on any atom is -0.496 e. The van der Waals surface area contributed by atoms with E-state index in [4.69, 9.17) is 9.47 Å². The van der Waals surface area contributed by atoms with Crippen LogP contribution in [0.15, 0.2) is 30.3 Å². The zero-order valence-electron chi connectivity index (χ0n) is 30.4. The van der Waals surface area contributed by atoms with Crippen LogP contribution in [0.2, 0.25) is 0 Å². The van der Waals surface area contributed by atoms with Crippen molar-refractivity contribution in [1.29, 1.82) is 0 Å². The van der Waals surface area contributed by atoms with Gasteiger partial charge in [0.15, 0.2) is 0 Å². The lowest BCUT2D eigenvalue weighted by molar-refractivity contribution is -0.272. The van der Waals surface area contributed by atoms with Crippen molar-refractivity contribution in [3.63, 3.8) is 0 Å². The Morgan fingerprint density at radius 3 is 2.30 bits per heavy atom. The van der Waals surface area contributed by atoms with Crippen LogP contribution in [0.25, 0.3) is 10.2 Å². The Morgan fingerprint density at radius 2 is 1.72 bits per heavy atom. The molecule has 3 aliphatic rings. The maximum absolute atomic E-state index is 14.3. The van der Waals surface area contributed by atoms with Crippen LogP contribution in [0, 0.1) is 41.8 Å². The summed E-state index contributed by atoms with van der Waals surface area (Å²) in [5, 5.41) is 6.34. The van der Waals surface area contributed by atoms with Crippen LogP contribution in [-0.2, 0) is 4.74 Å². The van der Waals surface area contributed by atoms with Crippen LogP contribution < -0.4 is 15.4 Å². The lowest BCUT2D eigenvalue weighted by Gasteiger charge is -2.57. The third-order valence-electron chi connectivity index (χ3n) is 11.1. The number of amides is 2. The number of ether oxygens (including phenoxy) is 2. The number of anilines is 1. The lowest BCUT2D eigenvalue weighted by atomic mass is 9.52. The molecule has 1 aromatic heterocycles. The van der Waals surface area contributed by atoms with Gasteiger partial charge in [-0.1, -0.05) is 41.0 Å². The number of fused-ring (bicyclic) bond motifs is 4. The minimum absolute atomic E-state index is 0.0200. The first kappa shape index (κ1) is 39.5. The van der Waals surface area contributed by atoms with Crippen molar-refractivity contribution in [2.75, 3.05) is 26.1 Å². The molecule has 276 valence electrons. The fraction of sp³-hybridized carbons (Fsp3) is 0.605. The molecule has 3 aliphatic carbocycles. The van der Waals surface area contributed by atoms with E-state index in [-0.39, 0.29) is 48.9 Å². The highest BCUT2D eigenvalue weighted by Crippen LogP contribution is 2.62. The van der Waals surface area contributed by atoms with Crippen LogP contribution in [0.5, 0.6) is 5.75 Å². The molecule has 3 saturated carbocycles. The normalized spacial score (nSPS) is 23.4. The van der Waals surface area contributed by atoms with E-state index in [1.165, 1.54) is 37.4 Å². The number of carbonyl (C=O) groups is 2. The van der Waals surface area contributed by atoms with E-state index in [1.807, 2.05) is 6.92 Å². The summed E-state index contributed by atoms with van der Waals surface area (Å²) in [6.45, 7) is 13.5. The largest absolute Gasteiger partial charge is 0.496 e. The summed E-state index contributed by atoms with van der Waals surface area (Å²) in [4.78, 5) is 31.2. The molecule has 4 unspecified atom stereocenters. The Bertz CT molecular complexity index is 1650. The van der Waals surface area contributed by atoms with Crippen molar-refractivity contribution >= 4 is 39.1 Å². The molecule has 7 nitrogen and oxygen atoms in total. The van der Waals surface area contributed by atoms with Crippen molar-refractivity contribution in [3.8, 4) is 5.75 Å². The van der Waals surface area contributed by atoms with Crippen molar-refractivity contribution in [3.05, 3.63) is 52.3 Å². The number of halogens is 4. The number of rotatable bonds is 11. The van der Waals surface area contributed by atoms with Gasteiger partial charge in [-0.05, 0) is 99.5 Å². The summed E-state index contributed by atoms with van der Waals surface area (Å²) in [6, 6.07) is 6.77. The molecule has 2 N–H and O–H groups in total. The smallest absolute Gasteiger partial charge is 0.394 e. The van der Waals surface area contributed by atoms with E-state index in [9.17, 15) is 27.2 Å². The average molecular weight is 722 g/mol. The van der Waals surface area contributed by atoms with Gasteiger partial charge in [0, 0.05) is 19.3 Å². The lowest BCUT2D eigenvalue weighted by Crippen LogP contribution is -2.63. The zero-order valence-corrected chi connectivity index (χ0v) is 31.2. The van der Waals surface area contributed by atoms with Crippen molar-refractivity contribution in [1.82, 2.24) is 10.3 Å². The molecule has 12 heteroatoms. The molecule has 2 aromatic carbocycles. The number of nitrogens with zero attached hydrogens (tertiary/aromatic N) is 1. The summed E-state index contributed by atoms with van der Waals surface area (Å²) in [5.41, 5.74) is -1.72. The first-order valence-electron chi connectivity index (χ1n) is 17.4. The number of alkyl halides is 3. The first-order valence-corrected chi connectivity index (χ1v) is 18.2. The molecule has 0 aliphatic heterocycles. The fourth-order valence-electron chi connectivity index (χ4n) is 7.79. The number of nitrogens with one attached hydrogen (secondary N) is 2. The Kier molecular flexibility index (Phi) is 12.6. The number of benzene rings is 2. The number of methoxy groups -OCH3 is 2. The van der Waals surface area contributed by atoms with Crippen molar-refractivity contribution in [2.45, 2.75) is 98.2 Å². The number of hydrogen-bond donors (Lipinski definition) is 2. The van der Waals surface area contributed by atoms with Gasteiger partial charge in [-0.2, -0.15) is 13.2 Å². The molecule has 1 heterocycles. The number of hydrogen-bond acceptors (Lipinski definition) is 6. The van der Waals surface area contributed by atoms with Gasteiger partial charge in [-0.15, -0.1) is 11.3 Å². The third kappa shape index (κ3) is 8.44. The quantitative estimate of drug-likeness (QED) is 0.193. The highest BCUT2D eigenvalue weighted by atomic mass is 32.1. The maximum Gasteiger partial charge on any atom is 0.394 e. The van der Waals surface area contributed by atoms with Gasteiger partial charge in [0.25, 0.3) is 11.8 Å². The predicted molar refractivity (Wildman–Crippen MR) is 190 cm³/mol. The van der Waals surface area contributed by atoms with Gasteiger partial charge < -0.3 is 20.1 Å². The van der Waals surface area contributed by atoms with Crippen molar-refractivity contribution < 1.29 is 36.6 Å². The second-order valence-electron chi connectivity index (χ2n) is 14.5. The van der Waals surface area contributed by atoms with E-state index >= 15 is 0 Å². The average Bonchev–Trinajstić information content (AvgIpc) is 3.43. The highest BCUT2D eigenvalue weighted by Gasteiger charge is 2.65. The van der Waals surface area contributed by atoms with Crippen LogP contribution >= 0.6 is 11.3 Å². The molecule has 0 saturated heterocycles. The second-order valence-corrected chi connectivity index (χ2v) is 15.7. The van der Waals surface area contributed by atoms with Crippen LogP contribution in [0.1, 0.15) is 105 Å². The highest BCUT2D eigenvalue weighted by molar-refractivity contribution is 7.19. The molecular formula is C38H51F4N3O4S. The summed E-state index contributed by atoms with van der Waals surface area (Å²) in [7, 11) is 3.21. The Balaban J connectivity index is 0.000000402. The molecule has 3 fully saturated rings. The Hall–Kier alpha value is -3.25. The van der Waals surface area contributed by atoms with Gasteiger partial charge in [0.05, 0.1) is 39.0 Å². The summed E-state index contributed by atoms with van der Waals surface area (Å²) in [5.74, 6) is 0.205. The van der Waals surface area contributed by atoms with Crippen LogP contribution in [0.3, 0.4) is 0 Å². The van der Waals surface area contributed by atoms with Crippen LogP contribution in [-0.4, -0.2) is 49.3 Å². The number of carbonyl (C=O) groups excluding carboxylic acids is 2. The molecule has 0 spiro atoms. The molecule has 2 amide bonds.